The molecule has 3 rings (SSSR count). The van der Waals surface area contributed by atoms with Crippen molar-refractivity contribution in [2.75, 3.05) is 6.66 Å². The van der Waals surface area contributed by atoms with Crippen molar-refractivity contribution in [3.05, 3.63) is 84.9 Å². The molecule has 110 valence electrons. The number of hydrogen-bond acceptors (Lipinski definition) is 1. The standard InChI is InChI=1S/C19H18OP2/c1-21(20)18-14-8-9-15-19(18)22(16-10-4-2-5-11-16)17-12-6-3-7-13-17/h2-15,21H,1H3. The first kappa shape index (κ1) is 15.4. The Morgan fingerprint density at radius 3 is 1.64 bits per heavy atom. The van der Waals surface area contributed by atoms with Gasteiger partial charge in [-0.25, -0.2) is 0 Å². The maximum atomic E-state index is 12.2. The van der Waals surface area contributed by atoms with E-state index in [1.54, 1.807) is 0 Å². The predicted octanol–water partition coefficient (Wildman–Crippen LogP) is 2.19. The summed E-state index contributed by atoms with van der Waals surface area (Å²) in [5.41, 5.74) is 0. The van der Waals surface area contributed by atoms with E-state index in [9.17, 15) is 4.89 Å². The van der Waals surface area contributed by atoms with Gasteiger partial charge in [0.25, 0.3) is 0 Å². The van der Waals surface area contributed by atoms with Crippen molar-refractivity contribution in [3.63, 3.8) is 0 Å². The zero-order valence-corrected chi connectivity index (χ0v) is 14.3. The summed E-state index contributed by atoms with van der Waals surface area (Å²) >= 11 is 0. The fourth-order valence-corrected chi connectivity index (χ4v) is 6.48. The maximum Gasteiger partial charge on any atom is 0.0936 e. The summed E-state index contributed by atoms with van der Waals surface area (Å²) in [6.07, 6.45) is 0. The second-order valence-electron chi connectivity index (χ2n) is 5.08. The minimum atomic E-state index is -1.73. The molecule has 0 saturated carbocycles. The molecule has 0 spiro atoms. The van der Waals surface area contributed by atoms with Gasteiger partial charge in [0, 0.05) is 12.0 Å². The van der Waals surface area contributed by atoms with E-state index < -0.39 is 16.1 Å². The highest BCUT2D eigenvalue weighted by Gasteiger charge is 2.21. The van der Waals surface area contributed by atoms with Crippen LogP contribution in [-0.2, 0) is 0 Å². The number of rotatable bonds is 4. The van der Waals surface area contributed by atoms with Crippen LogP contribution in [0.25, 0.3) is 0 Å². The number of benzene rings is 3. The average molecular weight is 324 g/mol. The molecule has 0 bridgehead atoms. The summed E-state index contributed by atoms with van der Waals surface area (Å²) in [5, 5.41) is 4.80. The van der Waals surface area contributed by atoms with Gasteiger partial charge < -0.3 is 4.89 Å². The summed E-state index contributed by atoms with van der Waals surface area (Å²) in [6.45, 7) is 1.83. The van der Waals surface area contributed by atoms with Gasteiger partial charge in [0.05, 0.1) is 5.30 Å². The fraction of sp³-hybridized carbons (Fsp3) is 0.0526. The molecule has 0 aromatic heterocycles. The minimum Gasteiger partial charge on any atom is -0.677 e. The highest BCUT2D eigenvalue weighted by molar-refractivity contribution is 7.81. The third-order valence-electron chi connectivity index (χ3n) is 3.55. The van der Waals surface area contributed by atoms with E-state index in [1.165, 1.54) is 15.9 Å². The molecular formula is C19H18OP2. The van der Waals surface area contributed by atoms with Crippen LogP contribution in [0.1, 0.15) is 0 Å². The molecule has 0 aliphatic carbocycles. The van der Waals surface area contributed by atoms with Gasteiger partial charge in [-0.2, -0.15) is 0 Å². The Hall–Kier alpha value is -1.52. The molecule has 0 N–H and O–H groups in total. The summed E-state index contributed by atoms with van der Waals surface area (Å²) in [4.78, 5) is 12.2. The van der Waals surface area contributed by atoms with E-state index in [-0.39, 0.29) is 0 Å². The summed E-state index contributed by atoms with van der Waals surface area (Å²) in [5.74, 6) is 0. The largest absolute Gasteiger partial charge is 0.677 e. The molecule has 3 heteroatoms. The van der Waals surface area contributed by atoms with E-state index in [0.717, 1.165) is 5.30 Å². The Bertz CT molecular complexity index is 687. The lowest BCUT2D eigenvalue weighted by Crippen LogP contribution is -2.31. The van der Waals surface area contributed by atoms with Crippen molar-refractivity contribution in [1.82, 2.24) is 0 Å². The monoisotopic (exact) mass is 324 g/mol. The minimum absolute atomic E-state index is 0.674. The van der Waals surface area contributed by atoms with Crippen molar-refractivity contribution in [3.8, 4) is 0 Å². The van der Waals surface area contributed by atoms with Crippen LogP contribution in [0.15, 0.2) is 84.9 Å². The van der Waals surface area contributed by atoms with E-state index in [1.807, 2.05) is 37.0 Å². The Morgan fingerprint density at radius 1 is 0.682 bits per heavy atom. The molecular weight excluding hydrogens is 306 g/mol. The molecule has 1 unspecified atom stereocenters. The molecule has 0 fully saturated rings. The molecule has 22 heavy (non-hydrogen) atoms. The second kappa shape index (κ2) is 7.16. The van der Waals surface area contributed by atoms with Crippen LogP contribution in [0, 0.1) is 0 Å². The SMILES string of the molecule is C[PH+]([O-])c1ccccc1P(c1ccccc1)c1ccccc1. The van der Waals surface area contributed by atoms with Gasteiger partial charge in [0.2, 0.25) is 0 Å². The molecule has 0 heterocycles. The first-order valence-corrected chi connectivity index (χ1v) is 10.5. The van der Waals surface area contributed by atoms with Crippen LogP contribution < -0.4 is 26.1 Å². The van der Waals surface area contributed by atoms with Crippen LogP contribution in [0.2, 0.25) is 0 Å². The van der Waals surface area contributed by atoms with Crippen LogP contribution in [-0.4, -0.2) is 6.66 Å². The van der Waals surface area contributed by atoms with Crippen molar-refractivity contribution < 1.29 is 4.89 Å². The molecule has 0 amide bonds. The quantitative estimate of drug-likeness (QED) is 0.675. The van der Waals surface area contributed by atoms with E-state index in [0.29, 0.717) is 0 Å². The van der Waals surface area contributed by atoms with Gasteiger partial charge in [-0.05, 0) is 38.8 Å². The maximum absolute atomic E-state index is 12.2. The summed E-state index contributed by atoms with van der Waals surface area (Å²) < 4.78 is 0. The molecule has 1 nitrogen and oxygen atoms in total. The van der Waals surface area contributed by atoms with Gasteiger partial charge in [0.15, 0.2) is 0 Å². The van der Waals surface area contributed by atoms with Crippen molar-refractivity contribution in [2.24, 2.45) is 0 Å². The zero-order chi connectivity index (χ0) is 15.4. The molecule has 0 aliphatic heterocycles. The van der Waals surface area contributed by atoms with E-state index >= 15 is 0 Å². The number of hydrogen-bond donors (Lipinski definition) is 0. The average Bonchev–Trinajstić information content (AvgIpc) is 2.57. The predicted molar refractivity (Wildman–Crippen MR) is 99.0 cm³/mol. The van der Waals surface area contributed by atoms with Crippen LogP contribution in [0.4, 0.5) is 0 Å². The molecule has 0 aliphatic rings. The van der Waals surface area contributed by atoms with E-state index in [2.05, 4.69) is 54.6 Å². The zero-order valence-electron chi connectivity index (χ0n) is 12.4. The smallest absolute Gasteiger partial charge is 0.0936 e. The van der Waals surface area contributed by atoms with Gasteiger partial charge in [0.1, 0.15) is 0 Å². The molecule has 1 atom stereocenters. The van der Waals surface area contributed by atoms with Crippen LogP contribution in [0.5, 0.6) is 0 Å². The highest BCUT2D eigenvalue weighted by atomic mass is 31.1. The topological polar surface area (TPSA) is 23.1 Å². The normalized spacial score (nSPS) is 12.3. The van der Waals surface area contributed by atoms with Crippen molar-refractivity contribution in [1.29, 1.82) is 0 Å². The van der Waals surface area contributed by atoms with Crippen molar-refractivity contribution >= 4 is 37.3 Å². The lowest BCUT2D eigenvalue weighted by molar-refractivity contribution is -0.154. The van der Waals surface area contributed by atoms with Gasteiger partial charge in [-0.15, -0.1) is 0 Å². The Morgan fingerprint density at radius 2 is 1.14 bits per heavy atom. The molecule has 3 aromatic rings. The molecule has 0 saturated heterocycles. The lowest BCUT2D eigenvalue weighted by Gasteiger charge is -2.22. The summed E-state index contributed by atoms with van der Waals surface area (Å²) in [6, 6.07) is 29.2. The highest BCUT2D eigenvalue weighted by Crippen LogP contribution is 2.34. The fourth-order valence-electron chi connectivity index (χ4n) is 2.55. The lowest BCUT2D eigenvalue weighted by atomic mass is 10.3. The Labute approximate surface area is 134 Å². The summed E-state index contributed by atoms with van der Waals surface area (Å²) in [7, 11) is -2.41. The Balaban J connectivity index is 2.19. The third-order valence-corrected chi connectivity index (χ3v) is 7.46. The first-order chi connectivity index (χ1) is 10.8. The molecule has 0 radical (unpaired) electrons. The first-order valence-electron chi connectivity index (χ1n) is 7.27. The van der Waals surface area contributed by atoms with Crippen LogP contribution in [0.3, 0.4) is 0 Å². The third kappa shape index (κ3) is 3.28. The Kier molecular flexibility index (Phi) is 5.01. The van der Waals surface area contributed by atoms with Gasteiger partial charge in [-0.1, -0.05) is 72.8 Å². The van der Waals surface area contributed by atoms with Crippen LogP contribution >= 0.6 is 16.1 Å². The van der Waals surface area contributed by atoms with Crippen molar-refractivity contribution in [2.45, 2.75) is 0 Å². The second-order valence-corrected chi connectivity index (χ2v) is 8.92. The molecule has 3 aromatic carbocycles. The van der Waals surface area contributed by atoms with E-state index in [4.69, 9.17) is 0 Å². The van der Waals surface area contributed by atoms with Gasteiger partial charge in [-0.3, -0.25) is 0 Å². The van der Waals surface area contributed by atoms with Gasteiger partial charge >= 0.3 is 0 Å².